The Balaban J connectivity index is 1.79. The smallest absolute Gasteiger partial charge is 0.209 e. The second kappa shape index (κ2) is 6.87. The molecule has 18 heavy (non-hydrogen) atoms. The highest BCUT2D eigenvalue weighted by atomic mass is 32.2. The Morgan fingerprint density at radius 3 is 2.94 bits per heavy atom. The molecule has 0 unspecified atom stereocenters. The molecule has 1 saturated carbocycles. The molecule has 100 valence electrons. The molecule has 0 saturated heterocycles. The lowest BCUT2D eigenvalue weighted by Gasteiger charge is -2.10. The van der Waals surface area contributed by atoms with E-state index in [1.807, 2.05) is 11.6 Å². The Hall–Kier alpha value is -0.910. The van der Waals surface area contributed by atoms with Crippen LogP contribution in [0.4, 0.5) is 0 Å². The SMILES string of the molecule is CCC(=O)CCCSc1nnnn1C1CCCC1. The van der Waals surface area contributed by atoms with Gasteiger partial charge in [-0.3, -0.25) is 4.79 Å². The van der Waals surface area contributed by atoms with Gasteiger partial charge in [0.25, 0.3) is 0 Å². The van der Waals surface area contributed by atoms with Gasteiger partial charge in [0, 0.05) is 18.6 Å². The van der Waals surface area contributed by atoms with E-state index in [9.17, 15) is 4.79 Å². The van der Waals surface area contributed by atoms with Crippen LogP contribution in [0, 0.1) is 0 Å². The lowest BCUT2D eigenvalue weighted by atomic mass is 10.2. The number of carbonyl (C=O) groups excluding carboxylic acids is 1. The maximum Gasteiger partial charge on any atom is 0.209 e. The van der Waals surface area contributed by atoms with Crippen LogP contribution in [0.1, 0.15) is 57.9 Å². The zero-order valence-electron chi connectivity index (χ0n) is 10.8. The van der Waals surface area contributed by atoms with Gasteiger partial charge in [-0.2, -0.15) is 0 Å². The normalized spacial score (nSPS) is 16.3. The minimum Gasteiger partial charge on any atom is -0.300 e. The first-order valence-electron chi connectivity index (χ1n) is 6.73. The van der Waals surface area contributed by atoms with Gasteiger partial charge in [-0.15, -0.1) is 5.10 Å². The van der Waals surface area contributed by atoms with Gasteiger partial charge in [0.2, 0.25) is 5.16 Å². The van der Waals surface area contributed by atoms with Gasteiger partial charge in [-0.1, -0.05) is 31.5 Å². The van der Waals surface area contributed by atoms with Crippen molar-refractivity contribution in [3.05, 3.63) is 0 Å². The van der Waals surface area contributed by atoms with E-state index in [4.69, 9.17) is 0 Å². The van der Waals surface area contributed by atoms with Crippen molar-refractivity contribution in [1.29, 1.82) is 0 Å². The molecule has 2 rings (SSSR count). The molecule has 1 aliphatic rings. The van der Waals surface area contributed by atoms with Gasteiger partial charge in [0.15, 0.2) is 0 Å². The van der Waals surface area contributed by atoms with Crippen molar-refractivity contribution < 1.29 is 4.79 Å². The number of hydrogen-bond acceptors (Lipinski definition) is 5. The number of Topliss-reactive ketones (excluding diaryl/α,β-unsaturated/α-hetero) is 1. The largest absolute Gasteiger partial charge is 0.300 e. The molecule has 0 spiro atoms. The van der Waals surface area contributed by atoms with Crippen molar-refractivity contribution in [2.75, 3.05) is 5.75 Å². The number of ketones is 1. The first-order chi connectivity index (χ1) is 8.81. The van der Waals surface area contributed by atoms with E-state index in [2.05, 4.69) is 15.5 Å². The summed E-state index contributed by atoms with van der Waals surface area (Å²) in [6.45, 7) is 1.91. The lowest BCUT2D eigenvalue weighted by molar-refractivity contribution is -0.118. The third-order valence-electron chi connectivity index (χ3n) is 3.36. The number of rotatable bonds is 7. The molecule has 0 N–H and O–H groups in total. The average Bonchev–Trinajstić information content (AvgIpc) is 3.04. The topological polar surface area (TPSA) is 60.7 Å². The third-order valence-corrected chi connectivity index (χ3v) is 4.38. The highest BCUT2D eigenvalue weighted by Crippen LogP contribution is 2.31. The van der Waals surface area contributed by atoms with Crippen LogP contribution in [0.2, 0.25) is 0 Å². The van der Waals surface area contributed by atoms with E-state index in [1.165, 1.54) is 25.7 Å². The van der Waals surface area contributed by atoms with E-state index in [-0.39, 0.29) is 0 Å². The van der Waals surface area contributed by atoms with Crippen molar-refractivity contribution in [2.45, 2.75) is 63.1 Å². The van der Waals surface area contributed by atoms with Gasteiger partial charge in [0.05, 0.1) is 6.04 Å². The van der Waals surface area contributed by atoms with Crippen LogP contribution in [0.3, 0.4) is 0 Å². The zero-order valence-corrected chi connectivity index (χ0v) is 11.7. The molecule has 0 aliphatic heterocycles. The highest BCUT2D eigenvalue weighted by Gasteiger charge is 2.21. The highest BCUT2D eigenvalue weighted by molar-refractivity contribution is 7.99. The maximum absolute atomic E-state index is 11.2. The first-order valence-corrected chi connectivity index (χ1v) is 7.72. The summed E-state index contributed by atoms with van der Waals surface area (Å²) in [5.41, 5.74) is 0. The fourth-order valence-corrected chi connectivity index (χ4v) is 3.15. The number of carbonyl (C=O) groups is 1. The molecule has 0 radical (unpaired) electrons. The zero-order chi connectivity index (χ0) is 12.8. The first kappa shape index (κ1) is 13.5. The summed E-state index contributed by atoms with van der Waals surface area (Å²) in [7, 11) is 0. The van der Waals surface area contributed by atoms with E-state index in [1.54, 1.807) is 11.8 Å². The van der Waals surface area contributed by atoms with Crippen molar-refractivity contribution in [3.63, 3.8) is 0 Å². The van der Waals surface area contributed by atoms with E-state index in [0.717, 1.165) is 17.3 Å². The van der Waals surface area contributed by atoms with Gasteiger partial charge in [-0.25, -0.2) is 4.68 Å². The molecule has 0 atom stereocenters. The predicted molar refractivity (Wildman–Crippen MR) is 70.6 cm³/mol. The molecule has 5 nitrogen and oxygen atoms in total. The quantitative estimate of drug-likeness (QED) is 0.562. The van der Waals surface area contributed by atoms with Crippen molar-refractivity contribution in [1.82, 2.24) is 20.2 Å². The molecule has 0 bridgehead atoms. The fourth-order valence-electron chi connectivity index (χ4n) is 2.27. The maximum atomic E-state index is 11.2. The van der Waals surface area contributed by atoms with Gasteiger partial charge in [0.1, 0.15) is 5.78 Å². The summed E-state index contributed by atoms with van der Waals surface area (Å²) in [4.78, 5) is 11.2. The number of aromatic nitrogens is 4. The number of hydrogen-bond donors (Lipinski definition) is 0. The Bertz CT molecular complexity index is 387. The van der Waals surface area contributed by atoms with Crippen LogP contribution in [-0.4, -0.2) is 31.7 Å². The Morgan fingerprint density at radius 2 is 2.22 bits per heavy atom. The number of nitrogens with zero attached hydrogens (tertiary/aromatic N) is 4. The van der Waals surface area contributed by atoms with Crippen molar-refractivity contribution >= 4 is 17.5 Å². The summed E-state index contributed by atoms with van der Waals surface area (Å²) in [6.07, 6.45) is 7.16. The lowest BCUT2D eigenvalue weighted by Crippen LogP contribution is -2.08. The van der Waals surface area contributed by atoms with Crippen LogP contribution in [0.15, 0.2) is 5.16 Å². The molecule has 1 aliphatic carbocycles. The summed E-state index contributed by atoms with van der Waals surface area (Å²) >= 11 is 1.67. The summed E-state index contributed by atoms with van der Waals surface area (Å²) in [5, 5.41) is 12.9. The molecule has 1 fully saturated rings. The van der Waals surface area contributed by atoms with Gasteiger partial charge >= 0.3 is 0 Å². The summed E-state index contributed by atoms with van der Waals surface area (Å²) in [6, 6.07) is 0.486. The predicted octanol–water partition coefficient (Wildman–Crippen LogP) is 2.64. The van der Waals surface area contributed by atoms with Crippen LogP contribution in [-0.2, 0) is 4.79 Å². The van der Waals surface area contributed by atoms with Crippen molar-refractivity contribution in [3.8, 4) is 0 Å². The number of tetrazole rings is 1. The van der Waals surface area contributed by atoms with Gasteiger partial charge < -0.3 is 0 Å². The van der Waals surface area contributed by atoms with Crippen LogP contribution in [0.5, 0.6) is 0 Å². The van der Waals surface area contributed by atoms with Crippen LogP contribution >= 0.6 is 11.8 Å². The second-order valence-corrected chi connectivity index (χ2v) is 5.75. The minimum atomic E-state index is 0.339. The molecule has 1 aromatic rings. The van der Waals surface area contributed by atoms with Crippen LogP contribution in [0.25, 0.3) is 0 Å². The Morgan fingerprint density at radius 1 is 1.44 bits per heavy atom. The summed E-state index contributed by atoms with van der Waals surface area (Å²) < 4.78 is 1.97. The molecule has 1 aromatic heterocycles. The van der Waals surface area contributed by atoms with E-state index >= 15 is 0 Å². The van der Waals surface area contributed by atoms with Crippen molar-refractivity contribution in [2.24, 2.45) is 0 Å². The second-order valence-electron chi connectivity index (χ2n) is 4.69. The van der Waals surface area contributed by atoms with Crippen LogP contribution < -0.4 is 0 Å². The Kier molecular flexibility index (Phi) is 5.16. The monoisotopic (exact) mass is 268 g/mol. The molecule has 0 aromatic carbocycles. The molecular formula is C12H20N4OS. The standard InChI is InChI=1S/C12H20N4OS/c1-2-11(17)8-5-9-18-12-13-14-15-16(12)10-6-3-4-7-10/h10H,2-9H2,1H3. The van der Waals surface area contributed by atoms with Gasteiger partial charge in [-0.05, 0) is 29.7 Å². The molecular weight excluding hydrogens is 248 g/mol. The Labute approximate surface area is 112 Å². The number of thioether (sulfide) groups is 1. The molecule has 1 heterocycles. The van der Waals surface area contributed by atoms with E-state index < -0.39 is 0 Å². The minimum absolute atomic E-state index is 0.339. The fraction of sp³-hybridized carbons (Fsp3) is 0.833. The average molecular weight is 268 g/mol. The molecule has 0 amide bonds. The van der Waals surface area contributed by atoms with E-state index in [0.29, 0.717) is 24.7 Å². The third kappa shape index (κ3) is 3.54. The summed E-state index contributed by atoms with van der Waals surface area (Å²) in [5.74, 6) is 1.25. The molecule has 6 heteroatoms.